The second-order valence-electron chi connectivity index (χ2n) is 9.23. The number of hydrogen-bond acceptors (Lipinski definition) is 6. The van der Waals surface area contributed by atoms with Gasteiger partial charge in [-0.25, -0.2) is 16.8 Å². The van der Waals surface area contributed by atoms with Gasteiger partial charge in [0.25, 0.3) is 15.9 Å². The molecule has 0 atom stereocenters. The highest BCUT2D eigenvalue weighted by Gasteiger charge is 2.20. The van der Waals surface area contributed by atoms with E-state index in [-0.39, 0.29) is 11.4 Å². The normalized spacial score (nSPS) is 11.5. The van der Waals surface area contributed by atoms with Crippen LogP contribution in [0.2, 0.25) is 5.02 Å². The van der Waals surface area contributed by atoms with Crippen LogP contribution in [0.25, 0.3) is 0 Å². The number of anilines is 3. The second-order valence-corrected chi connectivity index (χ2v) is 13.3. The molecule has 0 unspecified atom stereocenters. The van der Waals surface area contributed by atoms with E-state index in [0.29, 0.717) is 33.4 Å². The Morgan fingerprint density at radius 3 is 2.10 bits per heavy atom. The molecule has 1 amide bonds. The Kier molecular flexibility index (Phi) is 8.91. The zero-order valence-corrected chi connectivity index (χ0v) is 24.8. The molecular weight excluding hydrogens is 586 g/mol. The minimum absolute atomic E-state index is 0.00460. The molecule has 4 rings (SSSR count). The molecule has 4 aromatic carbocycles. The number of aryl methyl sites for hydroxylation is 1. The van der Waals surface area contributed by atoms with Gasteiger partial charge in [0.2, 0.25) is 10.0 Å². The molecule has 0 bridgehead atoms. The van der Waals surface area contributed by atoms with Crippen LogP contribution in [0.4, 0.5) is 17.1 Å². The smallest absolute Gasteiger partial charge is 0.262 e. The van der Waals surface area contributed by atoms with E-state index in [0.717, 1.165) is 17.4 Å². The van der Waals surface area contributed by atoms with Crippen LogP contribution in [-0.2, 0) is 26.6 Å². The Labute approximate surface area is 244 Å². The van der Waals surface area contributed by atoms with E-state index in [1.54, 1.807) is 48.5 Å². The van der Waals surface area contributed by atoms with Crippen molar-refractivity contribution in [3.8, 4) is 5.75 Å². The molecule has 0 spiro atoms. The quantitative estimate of drug-likeness (QED) is 0.237. The fraction of sp³-hybridized carbons (Fsp3) is 0.138. The van der Waals surface area contributed by atoms with E-state index in [2.05, 4.69) is 10.0 Å². The summed E-state index contributed by atoms with van der Waals surface area (Å²) in [5.74, 6) is -0.0582. The molecule has 0 saturated carbocycles. The minimum Gasteiger partial charge on any atom is -0.495 e. The van der Waals surface area contributed by atoms with Gasteiger partial charge >= 0.3 is 0 Å². The number of halogens is 1. The number of nitrogens with zero attached hydrogens (tertiary/aromatic N) is 1. The van der Waals surface area contributed by atoms with Crippen LogP contribution < -0.4 is 19.1 Å². The summed E-state index contributed by atoms with van der Waals surface area (Å²) in [6, 6.07) is 23.9. The van der Waals surface area contributed by atoms with Gasteiger partial charge in [0.15, 0.2) is 0 Å². The molecule has 0 heterocycles. The first-order valence-electron chi connectivity index (χ1n) is 12.3. The number of methoxy groups -OCH3 is 1. The summed E-state index contributed by atoms with van der Waals surface area (Å²) in [5.41, 5.74) is 2.99. The lowest BCUT2D eigenvalue weighted by atomic mass is 10.1. The van der Waals surface area contributed by atoms with Gasteiger partial charge in [-0.2, -0.15) is 0 Å². The highest BCUT2D eigenvalue weighted by molar-refractivity contribution is 7.92. The molecule has 2 N–H and O–H groups in total. The van der Waals surface area contributed by atoms with Crippen molar-refractivity contribution >= 4 is 54.6 Å². The topological polar surface area (TPSA) is 122 Å². The van der Waals surface area contributed by atoms with Crippen molar-refractivity contribution in [3.63, 3.8) is 0 Å². The van der Waals surface area contributed by atoms with Crippen molar-refractivity contribution in [2.24, 2.45) is 0 Å². The molecule has 0 fully saturated rings. The number of carbonyl (C=O) groups excluding carboxylic acids is 1. The highest BCUT2D eigenvalue weighted by atomic mass is 35.5. The predicted molar refractivity (Wildman–Crippen MR) is 162 cm³/mol. The molecule has 214 valence electrons. The lowest BCUT2D eigenvalue weighted by Crippen LogP contribution is -2.29. The summed E-state index contributed by atoms with van der Waals surface area (Å²) in [7, 11) is -6.07. The van der Waals surface area contributed by atoms with Gasteiger partial charge in [-0.3, -0.25) is 13.8 Å². The fourth-order valence-corrected chi connectivity index (χ4v) is 6.04. The van der Waals surface area contributed by atoms with Gasteiger partial charge in [-0.15, -0.1) is 0 Å². The van der Waals surface area contributed by atoms with Gasteiger partial charge < -0.3 is 10.1 Å². The van der Waals surface area contributed by atoms with Crippen molar-refractivity contribution in [2.75, 3.05) is 27.7 Å². The number of benzene rings is 4. The van der Waals surface area contributed by atoms with E-state index in [1.165, 1.54) is 47.8 Å². The number of nitrogens with one attached hydrogen (secondary N) is 2. The first kappa shape index (κ1) is 29.9. The molecule has 0 aliphatic carbocycles. The summed E-state index contributed by atoms with van der Waals surface area (Å²) in [5, 5.41) is 3.26. The van der Waals surface area contributed by atoms with Gasteiger partial charge in [0, 0.05) is 16.3 Å². The van der Waals surface area contributed by atoms with Crippen molar-refractivity contribution in [3.05, 3.63) is 113 Å². The summed E-state index contributed by atoms with van der Waals surface area (Å²) < 4.78 is 59.8. The molecule has 4 aromatic rings. The Hall–Kier alpha value is -4.06. The first-order valence-corrected chi connectivity index (χ1v) is 16.0. The summed E-state index contributed by atoms with van der Waals surface area (Å²) in [6.07, 6.45) is 1.11. The SMILES string of the molecule is COc1ccc(C)cc1NS(=O)(=O)c1ccc(NC(=O)c2ccc(N(Cc3ccc(Cl)cc3)S(C)(=O)=O)cc2)cc1. The molecular formula is C29H28ClN3O6S2. The van der Waals surface area contributed by atoms with Crippen molar-refractivity contribution < 1.29 is 26.4 Å². The van der Waals surface area contributed by atoms with Crippen LogP contribution in [0.3, 0.4) is 0 Å². The van der Waals surface area contributed by atoms with Gasteiger partial charge in [0.05, 0.1) is 36.2 Å². The lowest BCUT2D eigenvalue weighted by molar-refractivity contribution is 0.102. The molecule has 0 aliphatic heterocycles. The standard InChI is InChI=1S/C29H28ClN3O6S2/c1-20-4-17-28(39-2)27(18-20)32-41(37,38)26-15-11-24(12-16-26)31-29(34)22-7-13-25(14-8-22)33(40(3,35)36)19-21-5-9-23(30)10-6-21/h4-18,32H,19H2,1-3H3,(H,31,34). The van der Waals surface area contributed by atoms with E-state index in [4.69, 9.17) is 16.3 Å². The largest absolute Gasteiger partial charge is 0.495 e. The maximum Gasteiger partial charge on any atom is 0.262 e. The number of carbonyl (C=O) groups is 1. The minimum atomic E-state index is -3.91. The van der Waals surface area contributed by atoms with E-state index in [1.807, 2.05) is 13.0 Å². The summed E-state index contributed by atoms with van der Waals surface area (Å²) >= 11 is 5.93. The number of amides is 1. The monoisotopic (exact) mass is 613 g/mol. The van der Waals surface area contributed by atoms with Crippen molar-refractivity contribution in [1.82, 2.24) is 0 Å². The summed E-state index contributed by atoms with van der Waals surface area (Å²) in [4.78, 5) is 12.8. The second kappa shape index (κ2) is 12.2. The van der Waals surface area contributed by atoms with Crippen LogP contribution in [0.5, 0.6) is 5.75 Å². The number of sulfonamides is 2. The molecule has 9 nitrogen and oxygen atoms in total. The van der Waals surface area contributed by atoms with Crippen LogP contribution >= 0.6 is 11.6 Å². The van der Waals surface area contributed by atoms with Gasteiger partial charge in [-0.1, -0.05) is 29.8 Å². The number of ether oxygens (including phenoxy) is 1. The Bertz CT molecular complexity index is 1760. The highest BCUT2D eigenvalue weighted by Crippen LogP contribution is 2.28. The maximum absolute atomic E-state index is 12.9. The number of hydrogen-bond donors (Lipinski definition) is 2. The van der Waals surface area contributed by atoms with Gasteiger partial charge in [0.1, 0.15) is 5.75 Å². The maximum atomic E-state index is 12.9. The third-order valence-electron chi connectivity index (χ3n) is 6.08. The zero-order chi connectivity index (χ0) is 29.8. The third-order valence-corrected chi connectivity index (χ3v) is 8.85. The molecule has 0 radical (unpaired) electrons. The molecule has 41 heavy (non-hydrogen) atoms. The van der Waals surface area contributed by atoms with Crippen molar-refractivity contribution in [1.29, 1.82) is 0 Å². The lowest BCUT2D eigenvalue weighted by Gasteiger charge is -2.23. The molecule has 0 aliphatic rings. The van der Waals surface area contributed by atoms with Crippen LogP contribution in [0, 0.1) is 6.92 Å². The van der Waals surface area contributed by atoms with Crippen LogP contribution in [0.1, 0.15) is 21.5 Å². The summed E-state index contributed by atoms with van der Waals surface area (Å²) in [6.45, 7) is 1.94. The van der Waals surface area contributed by atoms with Gasteiger partial charge in [-0.05, 0) is 90.8 Å². The zero-order valence-electron chi connectivity index (χ0n) is 22.5. The van der Waals surface area contributed by atoms with E-state index < -0.39 is 26.0 Å². The predicted octanol–water partition coefficient (Wildman–Crippen LogP) is 5.68. The Morgan fingerprint density at radius 1 is 0.878 bits per heavy atom. The third kappa shape index (κ3) is 7.57. The van der Waals surface area contributed by atoms with Crippen LogP contribution in [-0.4, -0.2) is 36.1 Å². The van der Waals surface area contributed by atoms with Crippen LogP contribution in [0.15, 0.2) is 95.9 Å². The average Bonchev–Trinajstić information content (AvgIpc) is 2.92. The van der Waals surface area contributed by atoms with E-state index >= 15 is 0 Å². The first-order chi connectivity index (χ1) is 19.4. The van der Waals surface area contributed by atoms with E-state index in [9.17, 15) is 21.6 Å². The average molecular weight is 614 g/mol. The number of rotatable bonds is 10. The van der Waals surface area contributed by atoms with Crippen molar-refractivity contribution in [2.45, 2.75) is 18.4 Å². The molecule has 12 heteroatoms. The Balaban J connectivity index is 1.45. The molecule has 0 aromatic heterocycles. The molecule has 0 saturated heterocycles. The Morgan fingerprint density at radius 2 is 1.51 bits per heavy atom. The fourth-order valence-electron chi connectivity index (χ4n) is 3.96.